The molecule has 1 aliphatic heterocycles. The van der Waals surface area contributed by atoms with Crippen LogP contribution in [0.3, 0.4) is 0 Å². The van der Waals surface area contributed by atoms with Gasteiger partial charge in [-0.05, 0) is 56.6 Å². The zero-order chi connectivity index (χ0) is 18.6. The summed E-state index contributed by atoms with van der Waals surface area (Å²) in [7, 11) is 0. The lowest BCUT2D eigenvalue weighted by atomic mass is 9.94. The molecule has 1 atom stereocenters. The number of rotatable bonds is 5. The van der Waals surface area contributed by atoms with E-state index in [9.17, 15) is 9.59 Å². The van der Waals surface area contributed by atoms with Gasteiger partial charge < -0.3 is 10.2 Å². The zero-order valence-electron chi connectivity index (χ0n) is 16.0. The molecule has 1 heterocycles. The van der Waals surface area contributed by atoms with E-state index in [-0.39, 0.29) is 23.8 Å². The van der Waals surface area contributed by atoms with Gasteiger partial charge in [0.25, 0.3) is 5.91 Å². The number of amides is 2. The number of nitrogens with one attached hydrogen (secondary N) is 1. The minimum Gasteiger partial charge on any atom is -0.353 e. The summed E-state index contributed by atoms with van der Waals surface area (Å²) >= 11 is 1.64. The molecule has 4 nitrogen and oxygen atoms in total. The van der Waals surface area contributed by atoms with Gasteiger partial charge in [-0.25, -0.2) is 0 Å². The van der Waals surface area contributed by atoms with Crippen LogP contribution in [0, 0.1) is 18.8 Å². The number of thioether (sulfide) groups is 1. The summed E-state index contributed by atoms with van der Waals surface area (Å²) in [5.74, 6) is 0.665. The summed E-state index contributed by atoms with van der Waals surface area (Å²) in [5, 5.41) is 3.10. The van der Waals surface area contributed by atoms with Crippen LogP contribution in [0.5, 0.6) is 0 Å². The van der Waals surface area contributed by atoms with Crippen molar-refractivity contribution in [1.82, 2.24) is 10.2 Å². The molecule has 0 aromatic heterocycles. The number of carbonyl (C=O) groups is 2. The summed E-state index contributed by atoms with van der Waals surface area (Å²) in [4.78, 5) is 28.2. The van der Waals surface area contributed by atoms with Crippen molar-refractivity contribution in [2.75, 3.05) is 19.3 Å². The smallest absolute Gasteiger partial charge is 0.254 e. The van der Waals surface area contributed by atoms with E-state index >= 15 is 0 Å². The van der Waals surface area contributed by atoms with Crippen LogP contribution in [0.4, 0.5) is 0 Å². The van der Waals surface area contributed by atoms with E-state index in [0.29, 0.717) is 19.0 Å². The molecule has 2 amide bonds. The molecule has 5 heteroatoms. The number of likely N-dealkylation sites (tertiary alicyclic amines) is 1. The Balaban J connectivity index is 1.95. The normalized spacial score (nSPS) is 16.8. The lowest BCUT2D eigenvalue weighted by molar-refractivity contribution is -0.127. The van der Waals surface area contributed by atoms with E-state index < -0.39 is 0 Å². The molecule has 0 aliphatic carbocycles. The first-order chi connectivity index (χ1) is 11.8. The van der Waals surface area contributed by atoms with Crippen molar-refractivity contribution >= 4 is 23.6 Å². The van der Waals surface area contributed by atoms with Gasteiger partial charge in [0.15, 0.2) is 0 Å². The van der Waals surface area contributed by atoms with Crippen molar-refractivity contribution in [2.45, 2.75) is 51.5 Å². The number of piperidine rings is 1. The molecule has 1 unspecified atom stereocenters. The summed E-state index contributed by atoms with van der Waals surface area (Å²) in [6.45, 7) is 9.54. The highest BCUT2D eigenvalue weighted by Crippen LogP contribution is 2.24. The van der Waals surface area contributed by atoms with Crippen molar-refractivity contribution in [1.29, 1.82) is 0 Å². The Hall–Kier alpha value is -1.49. The van der Waals surface area contributed by atoms with E-state index in [4.69, 9.17) is 0 Å². The van der Waals surface area contributed by atoms with Gasteiger partial charge in [0.05, 0.1) is 0 Å². The Morgan fingerprint density at radius 1 is 1.20 bits per heavy atom. The van der Waals surface area contributed by atoms with Crippen LogP contribution in [0.2, 0.25) is 0 Å². The van der Waals surface area contributed by atoms with Gasteiger partial charge in [-0.3, -0.25) is 9.59 Å². The van der Waals surface area contributed by atoms with Gasteiger partial charge in [0, 0.05) is 35.5 Å². The maximum atomic E-state index is 12.8. The third-order valence-electron chi connectivity index (χ3n) is 5.20. The Morgan fingerprint density at radius 2 is 1.84 bits per heavy atom. The van der Waals surface area contributed by atoms with Crippen LogP contribution < -0.4 is 5.32 Å². The standard InChI is InChI=1S/C20H30N2O2S/c1-13(2)15(4)21-19(23)16-8-10-22(11-9-16)20(24)18-12-17(25-5)7-6-14(18)3/h6-7,12-13,15-16H,8-11H2,1-5H3,(H,21,23). The van der Waals surface area contributed by atoms with Crippen LogP contribution in [-0.4, -0.2) is 42.1 Å². The topological polar surface area (TPSA) is 49.4 Å². The van der Waals surface area contributed by atoms with E-state index in [1.54, 1.807) is 11.8 Å². The molecule has 1 aromatic rings. The largest absolute Gasteiger partial charge is 0.353 e. The molecule has 0 saturated carbocycles. The molecular formula is C20H30N2O2S. The highest BCUT2D eigenvalue weighted by Gasteiger charge is 2.29. The highest BCUT2D eigenvalue weighted by molar-refractivity contribution is 7.98. The molecule has 1 aliphatic rings. The number of hydrogen-bond acceptors (Lipinski definition) is 3. The van der Waals surface area contributed by atoms with Crippen LogP contribution in [0.15, 0.2) is 23.1 Å². The van der Waals surface area contributed by atoms with Crippen molar-refractivity contribution in [3.05, 3.63) is 29.3 Å². The first kappa shape index (κ1) is 19.8. The predicted octanol–water partition coefficient (Wildman–Crippen LogP) is 3.73. The molecule has 0 spiro atoms. The van der Waals surface area contributed by atoms with Gasteiger partial charge in [-0.1, -0.05) is 19.9 Å². The van der Waals surface area contributed by atoms with Gasteiger partial charge in [0.1, 0.15) is 0 Å². The molecule has 1 aromatic carbocycles. The molecule has 1 saturated heterocycles. The Kier molecular flexibility index (Phi) is 6.94. The molecular weight excluding hydrogens is 332 g/mol. The van der Waals surface area contributed by atoms with Crippen molar-refractivity contribution in [2.24, 2.45) is 11.8 Å². The Morgan fingerprint density at radius 3 is 2.40 bits per heavy atom. The Labute approximate surface area is 155 Å². The van der Waals surface area contributed by atoms with E-state index in [1.807, 2.05) is 43.2 Å². The van der Waals surface area contributed by atoms with E-state index in [2.05, 4.69) is 19.2 Å². The average molecular weight is 363 g/mol. The summed E-state index contributed by atoms with van der Waals surface area (Å²) in [6, 6.07) is 6.21. The van der Waals surface area contributed by atoms with Crippen molar-refractivity contribution in [3.8, 4) is 0 Å². The van der Waals surface area contributed by atoms with Gasteiger partial charge in [0.2, 0.25) is 5.91 Å². The fourth-order valence-corrected chi connectivity index (χ4v) is 3.42. The minimum absolute atomic E-state index is 0.0175. The minimum atomic E-state index is 0.0175. The first-order valence-electron chi connectivity index (χ1n) is 9.07. The maximum absolute atomic E-state index is 12.8. The fraction of sp³-hybridized carbons (Fsp3) is 0.600. The van der Waals surface area contributed by atoms with Crippen molar-refractivity contribution < 1.29 is 9.59 Å². The lowest BCUT2D eigenvalue weighted by Gasteiger charge is -2.32. The monoisotopic (exact) mass is 362 g/mol. The molecule has 0 bridgehead atoms. The SMILES string of the molecule is CSc1ccc(C)c(C(=O)N2CCC(C(=O)NC(C)C(C)C)CC2)c1. The summed E-state index contributed by atoms with van der Waals surface area (Å²) < 4.78 is 0. The number of nitrogens with zero attached hydrogens (tertiary/aromatic N) is 1. The second-order valence-electron chi connectivity index (χ2n) is 7.29. The molecule has 2 rings (SSSR count). The average Bonchev–Trinajstić information content (AvgIpc) is 2.61. The van der Waals surface area contributed by atoms with Crippen LogP contribution in [0.25, 0.3) is 0 Å². The van der Waals surface area contributed by atoms with Gasteiger partial charge in [-0.15, -0.1) is 11.8 Å². The highest BCUT2D eigenvalue weighted by atomic mass is 32.2. The lowest BCUT2D eigenvalue weighted by Crippen LogP contribution is -2.45. The molecule has 138 valence electrons. The quantitative estimate of drug-likeness (QED) is 0.812. The van der Waals surface area contributed by atoms with Crippen molar-refractivity contribution in [3.63, 3.8) is 0 Å². The maximum Gasteiger partial charge on any atom is 0.254 e. The third kappa shape index (κ3) is 5.00. The molecule has 0 radical (unpaired) electrons. The summed E-state index contributed by atoms with van der Waals surface area (Å²) in [6.07, 6.45) is 3.49. The number of benzene rings is 1. The number of aryl methyl sites for hydroxylation is 1. The molecule has 1 fully saturated rings. The first-order valence-corrected chi connectivity index (χ1v) is 10.3. The van der Waals surface area contributed by atoms with E-state index in [0.717, 1.165) is 28.9 Å². The fourth-order valence-electron chi connectivity index (χ4n) is 2.98. The number of hydrogen-bond donors (Lipinski definition) is 1. The van der Waals surface area contributed by atoms with Crippen LogP contribution >= 0.6 is 11.8 Å². The molecule has 25 heavy (non-hydrogen) atoms. The van der Waals surface area contributed by atoms with E-state index in [1.165, 1.54) is 0 Å². The Bertz CT molecular complexity index is 622. The predicted molar refractivity (Wildman–Crippen MR) is 104 cm³/mol. The second-order valence-corrected chi connectivity index (χ2v) is 8.17. The van der Waals surface area contributed by atoms with Gasteiger partial charge >= 0.3 is 0 Å². The summed E-state index contributed by atoms with van der Waals surface area (Å²) in [5.41, 5.74) is 1.79. The zero-order valence-corrected chi connectivity index (χ0v) is 16.8. The van der Waals surface area contributed by atoms with Gasteiger partial charge in [-0.2, -0.15) is 0 Å². The third-order valence-corrected chi connectivity index (χ3v) is 5.92. The molecule has 1 N–H and O–H groups in total. The number of carbonyl (C=O) groups excluding carboxylic acids is 2. The van der Waals surface area contributed by atoms with Crippen LogP contribution in [-0.2, 0) is 4.79 Å². The van der Waals surface area contributed by atoms with Crippen LogP contribution in [0.1, 0.15) is 49.5 Å². The second kappa shape index (κ2) is 8.75.